The van der Waals surface area contributed by atoms with E-state index in [0.717, 1.165) is 0 Å². The summed E-state index contributed by atoms with van der Waals surface area (Å²) in [6, 6.07) is 5.92. The lowest BCUT2D eigenvalue weighted by Gasteiger charge is -2.39. The molecule has 0 saturated carbocycles. The fourth-order valence-electron chi connectivity index (χ4n) is 2.86. The summed E-state index contributed by atoms with van der Waals surface area (Å²) in [4.78, 5) is 37.5. The number of benzene rings is 1. The first-order valence-electron chi connectivity index (χ1n) is 8.39. The normalized spacial score (nSPS) is 19.2. The molecule has 0 aliphatic carbocycles. The predicted octanol–water partition coefficient (Wildman–Crippen LogP) is -0.414. The molecule has 0 aromatic heterocycles. The number of nitrogens with zero attached hydrogens (tertiary/aromatic N) is 2. The van der Waals surface area contributed by atoms with Crippen molar-refractivity contribution in [1.29, 1.82) is 0 Å². The quantitative estimate of drug-likeness (QED) is 0.676. The molecule has 1 fully saturated rings. The SMILES string of the molecule is COC(=O)[C@@H](C)NC(=O)[C@@H]1CN(S(=O)(=O)c2ccccc2)CCN1C(C)=O. The van der Waals surface area contributed by atoms with E-state index in [4.69, 9.17) is 0 Å². The maximum atomic E-state index is 12.8. The Kier molecular flexibility index (Phi) is 6.55. The predicted molar refractivity (Wildman–Crippen MR) is 96.0 cm³/mol. The van der Waals surface area contributed by atoms with E-state index in [1.807, 2.05) is 0 Å². The Labute approximate surface area is 158 Å². The summed E-state index contributed by atoms with van der Waals surface area (Å²) in [7, 11) is -2.61. The van der Waals surface area contributed by atoms with Gasteiger partial charge in [-0.3, -0.25) is 9.59 Å². The maximum Gasteiger partial charge on any atom is 0.328 e. The molecule has 1 saturated heterocycles. The molecule has 2 atom stereocenters. The molecule has 1 N–H and O–H groups in total. The molecule has 9 nitrogen and oxygen atoms in total. The lowest BCUT2D eigenvalue weighted by molar-refractivity contribution is -0.147. The number of rotatable bonds is 5. The molecule has 2 amide bonds. The molecule has 0 unspecified atom stereocenters. The minimum Gasteiger partial charge on any atom is -0.467 e. The van der Waals surface area contributed by atoms with Gasteiger partial charge in [-0.2, -0.15) is 4.31 Å². The Balaban J connectivity index is 2.23. The van der Waals surface area contributed by atoms with E-state index in [9.17, 15) is 22.8 Å². The van der Waals surface area contributed by atoms with Crippen LogP contribution in [0.25, 0.3) is 0 Å². The van der Waals surface area contributed by atoms with Crippen LogP contribution in [-0.2, 0) is 29.1 Å². The summed E-state index contributed by atoms with van der Waals surface area (Å²) >= 11 is 0. The molecule has 0 radical (unpaired) electrons. The Morgan fingerprint density at radius 1 is 1.19 bits per heavy atom. The van der Waals surface area contributed by atoms with Gasteiger partial charge in [0.1, 0.15) is 12.1 Å². The number of ether oxygens (including phenoxy) is 1. The number of carbonyl (C=O) groups is 3. The number of nitrogens with one attached hydrogen (secondary N) is 1. The summed E-state index contributed by atoms with van der Waals surface area (Å²) < 4.78 is 31.4. The van der Waals surface area contributed by atoms with Crippen molar-refractivity contribution in [2.75, 3.05) is 26.7 Å². The molecular weight excluding hydrogens is 374 g/mol. The van der Waals surface area contributed by atoms with Crippen molar-refractivity contribution >= 4 is 27.8 Å². The molecular formula is C17H23N3O6S. The van der Waals surface area contributed by atoms with Crippen LogP contribution in [0.3, 0.4) is 0 Å². The van der Waals surface area contributed by atoms with Crippen LogP contribution in [0.2, 0.25) is 0 Å². The Bertz CT molecular complexity index is 811. The second-order valence-electron chi connectivity index (χ2n) is 6.16. The smallest absolute Gasteiger partial charge is 0.328 e. The molecule has 1 aromatic carbocycles. The second kappa shape index (κ2) is 8.49. The monoisotopic (exact) mass is 397 g/mol. The number of piperazine rings is 1. The van der Waals surface area contributed by atoms with Gasteiger partial charge in [-0.15, -0.1) is 0 Å². The van der Waals surface area contributed by atoms with Gasteiger partial charge in [-0.05, 0) is 19.1 Å². The lowest BCUT2D eigenvalue weighted by atomic mass is 10.1. The lowest BCUT2D eigenvalue weighted by Crippen LogP contribution is -2.62. The maximum absolute atomic E-state index is 12.8. The van der Waals surface area contributed by atoms with Gasteiger partial charge in [0.05, 0.1) is 12.0 Å². The summed E-state index contributed by atoms with van der Waals surface area (Å²) in [6.07, 6.45) is 0. The van der Waals surface area contributed by atoms with E-state index in [0.29, 0.717) is 0 Å². The van der Waals surface area contributed by atoms with Crippen LogP contribution >= 0.6 is 0 Å². The van der Waals surface area contributed by atoms with Crippen LogP contribution < -0.4 is 5.32 Å². The van der Waals surface area contributed by atoms with E-state index < -0.39 is 34.0 Å². The van der Waals surface area contributed by atoms with Crippen molar-refractivity contribution in [1.82, 2.24) is 14.5 Å². The summed E-state index contributed by atoms with van der Waals surface area (Å²) in [6.45, 7) is 2.71. The van der Waals surface area contributed by atoms with Gasteiger partial charge in [0, 0.05) is 26.6 Å². The van der Waals surface area contributed by atoms with E-state index in [-0.39, 0.29) is 30.4 Å². The van der Waals surface area contributed by atoms with E-state index in [1.165, 1.54) is 42.3 Å². The number of amides is 2. The summed E-state index contributed by atoms with van der Waals surface area (Å²) in [5.41, 5.74) is 0. The Morgan fingerprint density at radius 3 is 2.37 bits per heavy atom. The molecule has 2 rings (SSSR count). The molecule has 1 aliphatic heterocycles. The van der Waals surface area contributed by atoms with E-state index in [1.54, 1.807) is 18.2 Å². The highest BCUT2D eigenvalue weighted by atomic mass is 32.2. The number of sulfonamides is 1. The van der Waals surface area contributed by atoms with E-state index in [2.05, 4.69) is 10.1 Å². The van der Waals surface area contributed by atoms with Gasteiger partial charge in [0.15, 0.2) is 0 Å². The average Bonchev–Trinajstić information content (AvgIpc) is 2.67. The standard InChI is InChI=1S/C17H23N3O6S/c1-12(17(23)26-3)18-16(22)15-11-19(9-10-20(15)13(2)21)27(24,25)14-7-5-4-6-8-14/h4-8,12,15H,9-11H2,1-3H3,(H,18,22)/t12-,15+/m1/s1. The third-order valence-electron chi connectivity index (χ3n) is 4.34. The zero-order valence-corrected chi connectivity index (χ0v) is 16.2. The molecule has 0 bridgehead atoms. The van der Waals surface area contributed by atoms with Crippen molar-refractivity contribution < 1.29 is 27.5 Å². The number of methoxy groups -OCH3 is 1. The van der Waals surface area contributed by atoms with Crippen LogP contribution in [0.5, 0.6) is 0 Å². The molecule has 148 valence electrons. The highest BCUT2D eigenvalue weighted by molar-refractivity contribution is 7.89. The largest absolute Gasteiger partial charge is 0.467 e. The first-order chi connectivity index (χ1) is 12.7. The highest BCUT2D eigenvalue weighted by Gasteiger charge is 2.39. The van der Waals surface area contributed by atoms with Crippen molar-refractivity contribution in [3.05, 3.63) is 30.3 Å². The number of esters is 1. The molecule has 27 heavy (non-hydrogen) atoms. The Morgan fingerprint density at radius 2 is 1.81 bits per heavy atom. The van der Waals surface area contributed by atoms with Gasteiger partial charge in [0.2, 0.25) is 21.8 Å². The first kappa shape index (κ1) is 20.8. The molecule has 1 aromatic rings. The molecule has 1 aliphatic rings. The zero-order valence-electron chi connectivity index (χ0n) is 15.4. The molecule has 10 heteroatoms. The van der Waals surface area contributed by atoms with Crippen LogP contribution in [0, 0.1) is 0 Å². The molecule has 0 spiro atoms. The van der Waals surface area contributed by atoms with Gasteiger partial charge >= 0.3 is 5.97 Å². The van der Waals surface area contributed by atoms with E-state index >= 15 is 0 Å². The fourth-order valence-corrected chi connectivity index (χ4v) is 4.32. The van der Waals surface area contributed by atoms with Crippen LogP contribution in [-0.4, -0.2) is 74.2 Å². The summed E-state index contributed by atoms with van der Waals surface area (Å²) in [5, 5.41) is 2.47. The Hall–Kier alpha value is -2.46. The average molecular weight is 397 g/mol. The van der Waals surface area contributed by atoms with Crippen LogP contribution in [0.15, 0.2) is 35.2 Å². The topological polar surface area (TPSA) is 113 Å². The summed E-state index contributed by atoms with van der Waals surface area (Å²) in [5.74, 6) is -1.60. The van der Waals surface area contributed by atoms with Crippen molar-refractivity contribution in [3.63, 3.8) is 0 Å². The number of hydrogen-bond donors (Lipinski definition) is 1. The van der Waals surface area contributed by atoms with Gasteiger partial charge < -0.3 is 15.0 Å². The van der Waals surface area contributed by atoms with Gasteiger partial charge in [-0.1, -0.05) is 18.2 Å². The third-order valence-corrected chi connectivity index (χ3v) is 6.22. The minimum absolute atomic E-state index is 0.0755. The highest BCUT2D eigenvalue weighted by Crippen LogP contribution is 2.20. The van der Waals surface area contributed by atoms with Crippen molar-refractivity contribution in [3.8, 4) is 0 Å². The third kappa shape index (κ3) is 4.64. The van der Waals surface area contributed by atoms with Crippen molar-refractivity contribution in [2.45, 2.75) is 30.8 Å². The zero-order chi connectivity index (χ0) is 20.2. The van der Waals surface area contributed by atoms with Crippen LogP contribution in [0.1, 0.15) is 13.8 Å². The minimum atomic E-state index is -3.80. The molecule has 1 heterocycles. The van der Waals surface area contributed by atoms with Crippen LogP contribution in [0.4, 0.5) is 0 Å². The number of carbonyl (C=O) groups excluding carboxylic acids is 3. The fraction of sp³-hybridized carbons (Fsp3) is 0.471. The van der Waals surface area contributed by atoms with Crippen molar-refractivity contribution in [2.24, 2.45) is 0 Å². The first-order valence-corrected chi connectivity index (χ1v) is 9.83. The number of hydrogen-bond acceptors (Lipinski definition) is 6. The van der Waals surface area contributed by atoms with Gasteiger partial charge in [-0.25, -0.2) is 13.2 Å². The van der Waals surface area contributed by atoms with Gasteiger partial charge in [0.25, 0.3) is 0 Å². The second-order valence-corrected chi connectivity index (χ2v) is 8.10.